The van der Waals surface area contributed by atoms with Gasteiger partial charge in [0.05, 0.1) is 16.2 Å². The molecule has 6 nitrogen and oxygen atoms in total. The first kappa shape index (κ1) is 22.9. The number of carbonyl (C=O) groups is 1. The number of amides is 1. The van der Waals surface area contributed by atoms with Gasteiger partial charge in [-0.05, 0) is 55.7 Å². The summed E-state index contributed by atoms with van der Waals surface area (Å²) < 4.78 is 1.71. The van der Waals surface area contributed by atoms with E-state index in [0.717, 1.165) is 17.8 Å². The van der Waals surface area contributed by atoms with Crippen LogP contribution in [0.4, 0.5) is 11.4 Å². The topological polar surface area (TPSA) is 67.2 Å². The van der Waals surface area contributed by atoms with Crippen LogP contribution in [-0.4, -0.2) is 34.8 Å². The molecule has 1 atom stereocenters. The van der Waals surface area contributed by atoms with Crippen LogP contribution in [0.15, 0.2) is 58.5 Å². The van der Waals surface area contributed by atoms with Gasteiger partial charge in [-0.15, -0.1) is 0 Å². The number of rotatable bonds is 8. The fraction of sp³-hybridized carbons (Fsp3) is 0.375. The van der Waals surface area contributed by atoms with Gasteiger partial charge in [0, 0.05) is 32.0 Å². The highest BCUT2D eigenvalue weighted by atomic mass is 32.2. The highest BCUT2D eigenvalue weighted by Gasteiger charge is 2.20. The first-order chi connectivity index (χ1) is 14.8. The molecule has 3 aromatic rings. The van der Waals surface area contributed by atoms with Crippen LogP contribution in [0.5, 0.6) is 0 Å². The summed E-state index contributed by atoms with van der Waals surface area (Å²) in [5.41, 5.74) is 2.41. The Hall–Kier alpha value is -2.80. The molecule has 1 amide bonds. The fourth-order valence-electron chi connectivity index (χ4n) is 3.12. The number of para-hydroxylation sites is 1. The molecule has 31 heavy (non-hydrogen) atoms. The van der Waals surface area contributed by atoms with E-state index in [9.17, 15) is 9.59 Å². The molecule has 0 fully saturated rings. The molecule has 2 aromatic carbocycles. The molecular formula is C24H30N4O2S. The zero-order chi connectivity index (χ0) is 22.5. The lowest BCUT2D eigenvalue weighted by molar-refractivity contribution is -0.115. The third-order valence-electron chi connectivity index (χ3n) is 5.06. The largest absolute Gasteiger partial charge is 0.378 e. The van der Waals surface area contributed by atoms with E-state index in [1.54, 1.807) is 10.6 Å². The molecule has 0 spiro atoms. The SMILES string of the molecule is CC(C)CCn1c(SC(C)C(=O)Nc2ccc(N(C)C)cc2)nc2ccccc2c1=O. The monoisotopic (exact) mass is 438 g/mol. The summed E-state index contributed by atoms with van der Waals surface area (Å²) in [6.45, 7) is 6.67. The molecule has 1 heterocycles. The minimum absolute atomic E-state index is 0.0550. The summed E-state index contributed by atoms with van der Waals surface area (Å²) in [7, 11) is 3.95. The van der Waals surface area contributed by atoms with E-state index >= 15 is 0 Å². The van der Waals surface area contributed by atoms with Crippen LogP contribution in [0, 0.1) is 5.92 Å². The third-order valence-corrected chi connectivity index (χ3v) is 6.15. The van der Waals surface area contributed by atoms with E-state index < -0.39 is 5.25 Å². The van der Waals surface area contributed by atoms with Gasteiger partial charge in [0.25, 0.3) is 5.56 Å². The Morgan fingerprint density at radius 3 is 2.42 bits per heavy atom. The molecule has 0 saturated heterocycles. The Balaban J connectivity index is 1.82. The number of anilines is 2. The first-order valence-electron chi connectivity index (χ1n) is 10.5. The van der Waals surface area contributed by atoms with Crippen LogP contribution >= 0.6 is 11.8 Å². The normalized spacial score (nSPS) is 12.2. The number of fused-ring (bicyclic) bond motifs is 1. The zero-order valence-corrected chi connectivity index (χ0v) is 19.6. The third kappa shape index (κ3) is 5.67. The van der Waals surface area contributed by atoms with Gasteiger partial charge in [-0.3, -0.25) is 14.2 Å². The number of carbonyl (C=O) groups excluding carboxylic acids is 1. The molecular weight excluding hydrogens is 408 g/mol. The minimum Gasteiger partial charge on any atom is -0.378 e. The van der Waals surface area contributed by atoms with Crippen LogP contribution in [0.1, 0.15) is 27.2 Å². The lowest BCUT2D eigenvalue weighted by Crippen LogP contribution is -2.27. The van der Waals surface area contributed by atoms with Crippen molar-refractivity contribution in [1.29, 1.82) is 0 Å². The van der Waals surface area contributed by atoms with E-state index in [-0.39, 0.29) is 11.5 Å². The van der Waals surface area contributed by atoms with Gasteiger partial charge in [0.1, 0.15) is 0 Å². The van der Waals surface area contributed by atoms with Crippen LogP contribution in [0.3, 0.4) is 0 Å². The Bertz CT molecular complexity index is 1110. The van der Waals surface area contributed by atoms with E-state index in [4.69, 9.17) is 4.98 Å². The van der Waals surface area contributed by atoms with Gasteiger partial charge >= 0.3 is 0 Å². The molecule has 1 N–H and O–H groups in total. The summed E-state index contributed by atoms with van der Waals surface area (Å²) >= 11 is 1.32. The van der Waals surface area contributed by atoms with Crippen LogP contribution < -0.4 is 15.8 Å². The van der Waals surface area contributed by atoms with Crippen molar-refractivity contribution < 1.29 is 4.79 Å². The van der Waals surface area contributed by atoms with Crippen molar-refractivity contribution in [1.82, 2.24) is 9.55 Å². The van der Waals surface area contributed by atoms with Crippen LogP contribution in [-0.2, 0) is 11.3 Å². The standard InChI is InChI=1S/C24H30N4O2S/c1-16(2)14-15-28-23(30)20-8-6-7-9-21(20)26-24(28)31-17(3)22(29)25-18-10-12-19(13-11-18)27(4)5/h6-13,16-17H,14-15H2,1-5H3,(H,25,29). The maximum absolute atomic E-state index is 13.1. The molecule has 0 saturated carbocycles. The Labute approximate surface area is 187 Å². The van der Waals surface area contributed by atoms with Crippen molar-refractivity contribution in [2.75, 3.05) is 24.3 Å². The molecule has 0 aliphatic heterocycles. The van der Waals surface area contributed by atoms with Gasteiger partial charge in [-0.2, -0.15) is 0 Å². The highest BCUT2D eigenvalue weighted by Crippen LogP contribution is 2.25. The van der Waals surface area contributed by atoms with Crippen molar-refractivity contribution in [2.45, 2.75) is 44.1 Å². The predicted molar refractivity (Wildman–Crippen MR) is 130 cm³/mol. The van der Waals surface area contributed by atoms with Crippen molar-refractivity contribution in [3.63, 3.8) is 0 Å². The van der Waals surface area contributed by atoms with Crippen LogP contribution in [0.25, 0.3) is 10.9 Å². The number of hydrogen-bond acceptors (Lipinski definition) is 5. The fourth-order valence-corrected chi connectivity index (χ4v) is 4.06. The number of hydrogen-bond donors (Lipinski definition) is 1. The van der Waals surface area contributed by atoms with Crippen molar-refractivity contribution in [2.24, 2.45) is 5.92 Å². The Kier molecular flexibility index (Phi) is 7.38. The molecule has 164 valence electrons. The minimum atomic E-state index is -0.410. The second kappa shape index (κ2) is 10.0. The molecule has 0 aliphatic rings. The van der Waals surface area contributed by atoms with Crippen LogP contribution in [0.2, 0.25) is 0 Å². The molecule has 3 rings (SSSR count). The highest BCUT2D eigenvalue weighted by molar-refractivity contribution is 8.00. The molecule has 0 aliphatic carbocycles. The van der Waals surface area contributed by atoms with Gasteiger partial charge in [-0.1, -0.05) is 37.7 Å². The average molecular weight is 439 g/mol. The summed E-state index contributed by atoms with van der Waals surface area (Å²) in [5, 5.41) is 3.73. The lowest BCUT2D eigenvalue weighted by atomic mass is 10.1. The van der Waals surface area contributed by atoms with E-state index in [0.29, 0.717) is 28.5 Å². The Morgan fingerprint density at radius 2 is 1.77 bits per heavy atom. The maximum Gasteiger partial charge on any atom is 0.262 e. The van der Waals surface area contributed by atoms with E-state index in [1.165, 1.54) is 11.8 Å². The number of nitrogens with zero attached hydrogens (tertiary/aromatic N) is 3. The predicted octanol–water partition coefficient (Wildman–Crippen LogP) is 4.63. The van der Waals surface area contributed by atoms with Gasteiger partial charge in [0.15, 0.2) is 5.16 Å². The van der Waals surface area contributed by atoms with Gasteiger partial charge in [0.2, 0.25) is 5.91 Å². The second-order valence-electron chi connectivity index (χ2n) is 8.24. The number of aromatic nitrogens is 2. The molecule has 7 heteroatoms. The zero-order valence-electron chi connectivity index (χ0n) is 18.8. The van der Waals surface area contributed by atoms with Gasteiger partial charge < -0.3 is 10.2 Å². The molecule has 1 aromatic heterocycles. The summed E-state index contributed by atoms with van der Waals surface area (Å²) in [6, 6.07) is 15.1. The van der Waals surface area contributed by atoms with Crippen molar-refractivity contribution in [3.8, 4) is 0 Å². The number of benzene rings is 2. The van der Waals surface area contributed by atoms with Gasteiger partial charge in [-0.25, -0.2) is 4.98 Å². The molecule has 0 radical (unpaired) electrons. The first-order valence-corrected chi connectivity index (χ1v) is 11.4. The second-order valence-corrected chi connectivity index (χ2v) is 9.55. The number of thioether (sulfide) groups is 1. The summed E-state index contributed by atoms with van der Waals surface area (Å²) in [5.74, 6) is 0.336. The quantitative estimate of drug-likeness (QED) is 0.410. The summed E-state index contributed by atoms with van der Waals surface area (Å²) in [6.07, 6.45) is 0.867. The number of nitrogens with one attached hydrogen (secondary N) is 1. The van der Waals surface area contributed by atoms with E-state index in [2.05, 4.69) is 19.2 Å². The maximum atomic E-state index is 13.1. The van der Waals surface area contributed by atoms with Crippen molar-refractivity contribution >= 4 is 39.9 Å². The van der Waals surface area contributed by atoms with E-state index in [1.807, 2.05) is 68.4 Å². The smallest absolute Gasteiger partial charge is 0.262 e. The molecule has 1 unspecified atom stereocenters. The lowest BCUT2D eigenvalue weighted by Gasteiger charge is -2.17. The van der Waals surface area contributed by atoms with Crippen molar-refractivity contribution in [3.05, 3.63) is 58.9 Å². The Morgan fingerprint density at radius 1 is 1.10 bits per heavy atom. The molecule has 0 bridgehead atoms. The average Bonchev–Trinajstić information content (AvgIpc) is 2.73. The summed E-state index contributed by atoms with van der Waals surface area (Å²) in [4.78, 5) is 32.6.